The van der Waals surface area contributed by atoms with Crippen molar-refractivity contribution < 1.29 is 23.8 Å². The zero-order valence-corrected chi connectivity index (χ0v) is 17.2. The number of aromatic nitrogens is 1. The highest BCUT2D eigenvalue weighted by atomic mass is 16.5. The van der Waals surface area contributed by atoms with Crippen molar-refractivity contribution in [3.63, 3.8) is 0 Å². The maximum atomic E-state index is 11.7. The van der Waals surface area contributed by atoms with Gasteiger partial charge in [-0.25, -0.2) is 0 Å². The molecule has 4 aromatic rings. The van der Waals surface area contributed by atoms with E-state index in [1.807, 2.05) is 6.07 Å². The van der Waals surface area contributed by atoms with Crippen LogP contribution < -0.4 is 20.5 Å². The van der Waals surface area contributed by atoms with E-state index in [0.29, 0.717) is 51.6 Å². The summed E-state index contributed by atoms with van der Waals surface area (Å²) in [5, 5.41) is 14.2. The van der Waals surface area contributed by atoms with Crippen LogP contribution in [0.2, 0.25) is 0 Å². The number of nitrogens with one attached hydrogen (secondary N) is 1. The van der Waals surface area contributed by atoms with Gasteiger partial charge in [0.15, 0.2) is 0 Å². The van der Waals surface area contributed by atoms with E-state index in [9.17, 15) is 9.90 Å². The van der Waals surface area contributed by atoms with Crippen LogP contribution in [0.25, 0.3) is 21.9 Å². The number of pyridine rings is 1. The number of aryl methyl sites for hydroxylation is 1. The van der Waals surface area contributed by atoms with Crippen molar-refractivity contribution >= 4 is 27.8 Å². The first-order chi connectivity index (χ1) is 15.0. The SMILES string of the molecule is CNCC(O)COc1ccc2c(Oc3ccc4c(C(N)=O)c(C)oc4c3)ccnc2c1. The normalized spacial score (nSPS) is 12.2. The number of aliphatic hydroxyl groups excluding tert-OH is 1. The van der Waals surface area contributed by atoms with Gasteiger partial charge in [-0.1, -0.05) is 0 Å². The quantitative estimate of drug-likeness (QED) is 0.400. The smallest absolute Gasteiger partial charge is 0.252 e. The van der Waals surface area contributed by atoms with Gasteiger partial charge in [0, 0.05) is 35.6 Å². The van der Waals surface area contributed by atoms with Gasteiger partial charge in [-0.2, -0.15) is 0 Å². The molecule has 0 saturated heterocycles. The van der Waals surface area contributed by atoms with Gasteiger partial charge in [0.25, 0.3) is 5.91 Å². The van der Waals surface area contributed by atoms with Crippen LogP contribution in [0.5, 0.6) is 17.2 Å². The molecule has 4 rings (SSSR count). The summed E-state index contributed by atoms with van der Waals surface area (Å²) < 4.78 is 17.4. The summed E-state index contributed by atoms with van der Waals surface area (Å²) >= 11 is 0. The molecule has 1 atom stereocenters. The summed E-state index contributed by atoms with van der Waals surface area (Å²) in [5.74, 6) is 1.73. The Morgan fingerprint density at radius 3 is 2.74 bits per heavy atom. The van der Waals surface area contributed by atoms with Crippen molar-refractivity contribution in [3.8, 4) is 17.2 Å². The Morgan fingerprint density at radius 1 is 1.19 bits per heavy atom. The van der Waals surface area contributed by atoms with E-state index in [-0.39, 0.29) is 6.61 Å². The number of primary amides is 1. The molecule has 0 aliphatic heterocycles. The lowest BCUT2D eigenvalue weighted by Crippen LogP contribution is -2.29. The molecule has 0 fully saturated rings. The van der Waals surface area contributed by atoms with Crippen molar-refractivity contribution in [1.29, 1.82) is 0 Å². The van der Waals surface area contributed by atoms with Gasteiger partial charge in [0.2, 0.25) is 0 Å². The van der Waals surface area contributed by atoms with E-state index in [0.717, 1.165) is 5.39 Å². The summed E-state index contributed by atoms with van der Waals surface area (Å²) in [5.41, 5.74) is 7.05. The van der Waals surface area contributed by atoms with E-state index in [1.54, 1.807) is 56.6 Å². The zero-order valence-electron chi connectivity index (χ0n) is 17.2. The summed E-state index contributed by atoms with van der Waals surface area (Å²) in [7, 11) is 1.77. The van der Waals surface area contributed by atoms with Gasteiger partial charge >= 0.3 is 0 Å². The second-order valence-corrected chi connectivity index (χ2v) is 7.17. The fourth-order valence-corrected chi connectivity index (χ4v) is 3.46. The average Bonchev–Trinajstić information content (AvgIpc) is 3.07. The van der Waals surface area contributed by atoms with Gasteiger partial charge < -0.3 is 30.0 Å². The number of ether oxygens (including phenoxy) is 2. The molecule has 0 radical (unpaired) electrons. The van der Waals surface area contributed by atoms with Crippen LogP contribution >= 0.6 is 0 Å². The topological polar surface area (TPSA) is 120 Å². The lowest BCUT2D eigenvalue weighted by molar-refractivity contribution is 0.1000. The number of benzene rings is 2. The number of nitrogens with zero attached hydrogens (tertiary/aromatic N) is 1. The number of furan rings is 1. The van der Waals surface area contributed by atoms with Crippen LogP contribution in [0.3, 0.4) is 0 Å². The van der Waals surface area contributed by atoms with Crippen molar-refractivity contribution in [1.82, 2.24) is 10.3 Å². The van der Waals surface area contributed by atoms with Crippen LogP contribution in [-0.4, -0.2) is 42.3 Å². The molecule has 2 heterocycles. The number of aliphatic hydroxyl groups is 1. The van der Waals surface area contributed by atoms with Crippen LogP contribution in [0.4, 0.5) is 0 Å². The molecule has 2 aromatic carbocycles. The number of rotatable bonds is 8. The number of hydrogen-bond acceptors (Lipinski definition) is 7. The average molecular weight is 421 g/mol. The molecule has 2 aromatic heterocycles. The molecule has 0 saturated carbocycles. The molecule has 4 N–H and O–H groups in total. The summed E-state index contributed by atoms with van der Waals surface area (Å²) in [6.45, 7) is 2.33. The third-order valence-electron chi connectivity index (χ3n) is 4.87. The minimum atomic E-state index is -0.599. The summed E-state index contributed by atoms with van der Waals surface area (Å²) in [4.78, 5) is 16.0. The second-order valence-electron chi connectivity index (χ2n) is 7.17. The highest BCUT2D eigenvalue weighted by Gasteiger charge is 2.16. The van der Waals surface area contributed by atoms with Crippen molar-refractivity contribution in [2.45, 2.75) is 13.0 Å². The number of nitrogens with two attached hydrogens (primary N) is 1. The van der Waals surface area contributed by atoms with E-state index in [4.69, 9.17) is 19.6 Å². The van der Waals surface area contributed by atoms with E-state index < -0.39 is 12.0 Å². The fraction of sp³-hybridized carbons (Fsp3) is 0.217. The largest absolute Gasteiger partial charge is 0.491 e. The number of fused-ring (bicyclic) bond motifs is 2. The molecule has 31 heavy (non-hydrogen) atoms. The first-order valence-corrected chi connectivity index (χ1v) is 9.81. The number of likely N-dealkylation sites (N-methyl/N-ethyl adjacent to an activating group) is 1. The fourth-order valence-electron chi connectivity index (χ4n) is 3.46. The van der Waals surface area contributed by atoms with Crippen molar-refractivity contribution in [2.75, 3.05) is 20.2 Å². The lowest BCUT2D eigenvalue weighted by Gasteiger charge is -2.13. The first-order valence-electron chi connectivity index (χ1n) is 9.81. The second kappa shape index (κ2) is 8.63. The monoisotopic (exact) mass is 421 g/mol. The molecule has 0 spiro atoms. The minimum Gasteiger partial charge on any atom is -0.491 e. The van der Waals surface area contributed by atoms with Crippen LogP contribution in [0.15, 0.2) is 53.1 Å². The Kier molecular flexibility index (Phi) is 5.75. The van der Waals surface area contributed by atoms with E-state index in [2.05, 4.69) is 10.3 Å². The maximum Gasteiger partial charge on any atom is 0.252 e. The van der Waals surface area contributed by atoms with Gasteiger partial charge in [-0.15, -0.1) is 0 Å². The van der Waals surface area contributed by atoms with Crippen molar-refractivity contribution in [3.05, 3.63) is 60.0 Å². The predicted molar refractivity (Wildman–Crippen MR) is 117 cm³/mol. The predicted octanol–water partition coefficient (Wildman–Crippen LogP) is 3.14. The van der Waals surface area contributed by atoms with Crippen LogP contribution in [0.1, 0.15) is 16.1 Å². The highest BCUT2D eigenvalue weighted by molar-refractivity contribution is 6.06. The molecule has 8 nitrogen and oxygen atoms in total. The van der Waals surface area contributed by atoms with Gasteiger partial charge in [0.05, 0.1) is 11.1 Å². The van der Waals surface area contributed by atoms with Gasteiger partial charge in [-0.05, 0) is 44.3 Å². The van der Waals surface area contributed by atoms with Crippen LogP contribution in [0, 0.1) is 6.92 Å². The molecule has 1 amide bonds. The Morgan fingerprint density at radius 2 is 1.97 bits per heavy atom. The first kappa shape index (κ1) is 20.6. The zero-order chi connectivity index (χ0) is 22.0. The number of carbonyl (C=O) groups excluding carboxylic acids is 1. The molecule has 160 valence electrons. The minimum absolute atomic E-state index is 0.179. The lowest BCUT2D eigenvalue weighted by atomic mass is 10.1. The van der Waals surface area contributed by atoms with Gasteiger partial charge in [0.1, 0.15) is 41.3 Å². The van der Waals surface area contributed by atoms with Crippen molar-refractivity contribution in [2.24, 2.45) is 5.73 Å². The summed E-state index contributed by atoms with van der Waals surface area (Å²) in [6, 6.07) is 12.5. The summed E-state index contributed by atoms with van der Waals surface area (Å²) in [6.07, 6.45) is 1.05. The Bertz CT molecular complexity index is 1250. The van der Waals surface area contributed by atoms with Gasteiger partial charge in [-0.3, -0.25) is 9.78 Å². The third kappa shape index (κ3) is 4.30. The number of amides is 1. The number of hydrogen-bond donors (Lipinski definition) is 3. The van der Waals surface area contributed by atoms with E-state index >= 15 is 0 Å². The molecular formula is C23H23N3O5. The molecule has 0 aliphatic rings. The molecule has 0 aliphatic carbocycles. The Hall–Kier alpha value is -3.62. The molecule has 0 bridgehead atoms. The Balaban J connectivity index is 1.59. The van der Waals surface area contributed by atoms with E-state index in [1.165, 1.54) is 0 Å². The molecule has 8 heteroatoms. The Labute approximate surface area is 178 Å². The van der Waals surface area contributed by atoms with Crippen LogP contribution in [-0.2, 0) is 0 Å². The number of carbonyl (C=O) groups is 1. The standard InChI is InChI=1S/C23H23N3O5/c1-13-22(23(24)28)18-6-4-16(10-21(18)30-13)31-20-7-8-26-19-9-15(3-5-17(19)20)29-12-14(27)11-25-2/h3-10,14,25,27H,11-12H2,1-2H3,(H2,24,28). The highest BCUT2D eigenvalue weighted by Crippen LogP contribution is 2.34. The molecular weight excluding hydrogens is 398 g/mol. The molecule has 1 unspecified atom stereocenters. The maximum absolute atomic E-state index is 11.7. The third-order valence-corrected chi connectivity index (χ3v) is 4.87.